The molecule has 0 aliphatic carbocycles. The molecule has 0 bridgehead atoms. The lowest BCUT2D eigenvalue weighted by Gasteiger charge is -2.27. The number of nitrogens with two attached hydrogens (primary N) is 1. The van der Waals surface area contributed by atoms with Crippen LogP contribution in [0.2, 0.25) is 0 Å². The lowest BCUT2D eigenvalue weighted by Crippen LogP contribution is -2.44. The molecule has 1 aromatic heterocycles. The van der Waals surface area contributed by atoms with Crippen molar-refractivity contribution in [2.24, 2.45) is 5.73 Å². The average molecular weight is 299 g/mol. The summed E-state index contributed by atoms with van der Waals surface area (Å²) in [6.07, 6.45) is -0.641. The zero-order valence-corrected chi connectivity index (χ0v) is 12.1. The van der Waals surface area contributed by atoms with Crippen LogP contribution in [0.15, 0.2) is 16.8 Å². The maximum Gasteiger partial charge on any atom is 0.254 e. The Morgan fingerprint density at radius 3 is 2.95 bits per heavy atom. The van der Waals surface area contributed by atoms with Crippen LogP contribution in [-0.4, -0.2) is 60.5 Å². The van der Waals surface area contributed by atoms with Crippen LogP contribution >= 0.6 is 11.3 Å². The maximum atomic E-state index is 13.5. The number of thiophene rings is 1. The van der Waals surface area contributed by atoms with E-state index in [1.54, 1.807) is 28.3 Å². The fraction of sp³-hybridized carbons (Fsp3) is 0.538. The highest BCUT2D eigenvalue weighted by atomic mass is 32.1. The Morgan fingerprint density at radius 2 is 2.35 bits per heavy atom. The smallest absolute Gasteiger partial charge is 0.254 e. The predicted molar refractivity (Wildman–Crippen MR) is 75.3 cm³/mol. The summed E-state index contributed by atoms with van der Waals surface area (Å²) < 4.78 is 13.5. The standard InChI is InChI=1S/C13H18FN3O2S/c1-16(13(19)9-2-3-20-8-9)6-11-4-10(14)5-17(11)7-12(15)18/h2-3,8,10-11H,4-7H2,1H3,(H2,15,18)/t10-,11-/m0/s1. The van der Waals surface area contributed by atoms with Crippen LogP contribution in [0.4, 0.5) is 4.39 Å². The molecule has 2 N–H and O–H groups in total. The van der Waals surface area contributed by atoms with Crippen LogP contribution < -0.4 is 5.73 Å². The molecule has 5 nitrogen and oxygen atoms in total. The van der Waals surface area contributed by atoms with Crippen molar-refractivity contribution in [1.82, 2.24) is 9.80 Å². The number of alkyl halides is 1. The third-order valence-electron chi connectivity index (χ3n) is 3.44. The topological polar surface area (TPSA) is 66.6 Å². The number of primary amides is 1. The fourth-order valence-electron chi connectivity index (χ4n) is 2.51. The summed E-state index contributed by atoms with van der Waals surface area (Å²) >= 11 is 1.46. The van der Waals surface area contributed by atoms with Crippen LogP contribution in [0.5, 0.6) is 0 Å². The first-order chi connectivity index (χ1) is 9.47. The number of rotatable bonds is 5. The van der Waals surface area contributed by atoms with Gasteiger partial charge in [-0.15, -0.1) is 0 Å². The van der Waals surface area contributed by atoms with E-state index in [-0.39, 0.29) is 25.0 Å². The van der Waals surface area contributed by atoms with Crippen LogP contribution in [-0.2, 0) is 4.79 Å². The van der Waals surface area contributed by atoms with Gasteiger partial charge in [0.2, 0.25) is 5.91 Å². The molecular weight excluding hydrogens is 281 g/mol. The Hall–Kier alpha value is -1.47. The van der Waals surface area contributed by atoms with Gasteiger partial charge in [0.1, 0.15) is 6.17 Å². The minimum absolute atomic E-state index is 0.0333. The van der Waals surface area contributed by atoms with Gasteiger partial charge in [-0.05, 0) is 17.9 Å². The first-order valence-electron chi connectivity index (χ1n) is 6.41. The predicted octanol–water partition coefficient (Wildman–Crippen LogP) is 0.718. The SMILES string of the molecule is CN(C[C@@H]1C[C@H](F)CN1CC(N)=O)C(=O)c1ccsc1. The molecule has 0 unspecified atom stereocenters. The highest BCUT2D eigenvalue weighted by molar-refractivity contribution is 7.08. The van der Waals surface area contributed by atoms with E-state index in [2.05, 4.69) is 0 Å². The molecule has 1 aliphatic heterocycles. The lowest BCUT2D eigenvalue weighted by molar-refractivity contribution is -0.119. The second kappa shape index (κ2) is 6.32. The second-order valence-corrected chi connectivity index (χ2v) is 5.86. The molecule has 0 spiro atoms. The number of likely N-dealkylation sites (tertiary alicyclic amines) is 1. The zero-order chi connectivity index (χ0) is 14.7. The van der Waals surface area contributed by atoms with E-state index >= 15 is 0 Å². The summed E-state index contributed by atoms with van der Waals surface area (Å²) in [4.78, 5) is 26.4. The summed E-state index contributed by atoms with van der Waals surface area (Å²) in [6, 6.07) is 1.60. The molecule has 20 heavy (non-hydrogen) atoms. The molecule has 1 aliphatic rings. The number of amides is 2. The van der Waals surface area contributed by atoms with Crippen molar-refractivity contribution in [1.29, 1.82) is 0 Å². The third kappa shape index (κ3) is 3.55. The van der Waals surface area contributed by atoms with Gasteiger partial charge in [0.05, 0.1) is 12.1 Å². The van der Waals surface area contributed by atoms with E-state index in [0.29, 0.717) is 18.5 Å². The molecule has 2 rings (SSSR count). The van der Waals surface area contributed by atoms with Gasteiger partial charge >= 0.3 is 0 Å². The van der Waals surface area contributed by atoms with Gasteiger partial charge in [-0.1, -0.05) is 0 Å². The maximum absolute atomic E-state index is 13.5. The van der Waals surface area contributed by atoms with E-state index in [9.17, 15) is 14.0 Å². The van der Waals surface area contributed by atoms with E-state index in [1.165, 1.54) is 11.3 Å². The molecule has 110 valence electrons. The number of hydrogen-bond acceptors (Lipinski definition) is 4. The van der Waals surface area contributed by atoms with Crippen molar-refractivity contribution < 1.29 is 14.0 Å². The number of carbonyl (C=O) groups excluding carboxylic acids is 2. The number of hydrogen-bond donors (Lipinski definition) is 1. The Labute approximate surface area is 121 Å². The quantitative estimate of drug-likeness (QED) is 0.871. The van der Waals surface area contributed by atoms with E-state index in [4.69, 9.17) is 5.73 Å². The first kappa shape index (κ1) is 14.9. The van der Waals surface area contributed by atoms with Crippen LogP contribution in [0, 0.1) is 0 Å². The van der Waals surface area contributed by atoms with Crippen molar-refractivity contribution in [3.63, 3.8) is 0 Å². The highest BCUT2D eigenvalue weighted by Gasteiger charge is 2.34. The van der Waals surface area contributed by atoms with Crippen LogP contribution in [0.3, 0.4) is 0 Å². The Morgan fingerprint density at radius 1 is 1.60 bits per heavy atom. The molecule has 1 aromatic rings. The minimum Gasteiger partial charge on any atom is -0.369 e. The van der Waals surface area contributed by atoms with Gasteiger partial charge in [-0.3, -0.25) is 14.5 Å². The number of likely N-dealkylation sites (N-methyl/N-ethyl adjacent to an activating group) is 1. The van der Waals surface area contributed by atoms with Crippen molar-refractivity contribution >= 4 is 23.2 Å². The summed E-state index contributed by atoms with van der Waals surface area (Å²) in [7, 11) is 1.69. The summed E-state index contributed by atoms with van der Waals surface area (Å²) in [6.45, 7) is 0.627. The van der Waals surface area contributed by atoms with Crippen molar-refractivity contribution in [2.45, 2.75) is 18.6 Å². The second-order valence-electron chi connectivity index (χ2n) is 5.08. The molecule has 2 atom stereocenters. The molecule has 7 heteroatoms. The van der Waals surface area contributed by atoms with E-state index in [0.717, 1.165) is 0 Å². The Bertz CT molecular complexity index is 480. The molecule has 0 radical (unpaired) electrons. The van der Waals surface area contributed by atoms with Gasteiger partial charge in [0, 0.05) is 31.6 Å². The minimum atomic E-state index is -0.969. The van der Waals surface area contributed by atoms with Gasteiger partial charge in [0.15, 0.2) is 0 Å². The summed E-state index contributed by atoms with van der Waals surface area (Å²) in [5.74, 6) is -0.566. The van der Waals surface area contributed by atoms with Crippen molar-refractivity contribution in [3.8, 4) is 0 Å². The van der Waals surface area contributed by atoms with E-state index < -0.39 is 12.1 Å². The molecule has 1 fully saturated rings. The molecule has 1 saturated heterocycles. The Kier molecular flexibility index (Phi) is 4.72. The van der Waals surface area contributed by atoms with Crippen molar-refractivity contribution in [2.75, 3.05) is 26.7 Å². The molecule has 0 aromatic carbocycles. The Balaban J connectivity index is 1.97. The van der Waals surface area contributed by atoms with Crippen molar-refractivity contribution in [3.05, 3.63) is 22.4 Å². The van der Waals surface area contributed by atoms with E-state index in [1.807, 2.05) is 5.38 Å². The molecular formula is C13H18FN3O2S. The monoisotopic (exact) mass is 299 g/mol. The molecule has 0 saturated carbocycles. The normalized spacial score (nSPS) is 22.9. The lowest BCUT2D eigenvalue weighted by atomic mass is 10.2. The fourth-order valence-corrected chi connectivity index (χ4v) is 3.14. The summed E-state index contributed by atoms with van der Waals surface area (Å²) in [5.41, 5.74) is 5.80. The molecule has 2 heterocycles. The third-order valence-corrected chi connectivity index (χ3v) is 4.12. The largest absolute Gasteiger partial charge is 0.369 e. The van der Waals surface area contributed by atoms with Crippen LogP contribution in [0.25, 0.3) is 0 Å². The summed E-state index contributed by atoms with van der Waals surface area (Å²) in [5, 5.41) is 3.63. The van der Waals surface area contributed by atoms with Gasteiger partial charge in [-0.25, -0.2) is 4.39 Å². The number of nitrogens with zero attached hydrogens (tertiary/aromatic N) is 2. The van der Waals surface area contributed by atoms with Crippen LogP contribution in [0.1, 0.15) is 16.8 Å². The first-order valence-corrected chi connectivity index (χ1v) is 7.35. The highest BCUT2D eigenvalue weighted by Crippen LogP contribution is 2.21. The van der Waals surface area contributed by atoms with Gasteiger partial charge in [-0.2, -0.15) is 11.3 Å². The number of carbonyl (C=O) groups is 2. The van der Waals surface area contributed by atoms with Gasteiger partial charge in [0.25, 0.3) is 5.91 Å². The van der Waals surface area contributed by atoms with Gasteiger partial charge < -0.3 is 10.6 Å². The number of halogens is 1. The average Bonchev–Trinajstić information content (AvgIpc) is 2.98. The zero-order valence-electron chi connectivity index (χ0n) is 11.3. The molecule has 2 amide bonds.